The predicted molar refractivity (Wildman–Crippen MR) is 76.7 cm³/mol. The molecule has 0 N–H and O–H groups in total. The number of carbonyl (C=O) groups excluding carboxylic acids is 2. The summed E-state index contributed by atoms with van der Waals surface area (Å²) in [4.78, 5) is 34.2. The number of hydrogen-bond acceptors (Lipinski definition) is 4. The Hall–Kier alpha value is -3.08. The smallest absolute Gasteiger partial charge is 0.270 e. The summed E-state index contributed by atoms with van der Waals surface area (Å²) in [7, 11) is 0. The van der Waals surface area contributed by atoms with E-state index in [2.05, 4.69) is 0 Å². The van der Waals surface area contributed by atoms with Gasteiger partial charge in [-0.25, -0.2) is 0 Å². The minimum atomic E-state index is -0.581. The lowest BCUT2D eigenvalue weighted by atomic mass is 10.0. The van der Waals surface area contributed by atoms with Gasteiger partial charge in [-0.3, -0.25) is 19.7 Å². The van der Waals surface area contributed by atoms with Crippen molar-refractivity contribution in [2.75, 3.05) is 0 Å². The molecule has 0 spiro atoms. The van der Waals surface area contributed by atoms with Gasteiger partial charge in [0.15, 0.2) is 0 Å². The summed E-state index contributed by atoms with van der Waals surface area (Å²) in [6.45, 7) is 0. The minimum absolute atomic E-state index is 0.0607. The van der Waals surface area contributed by atoms with Crippen molar-refractivity contribution < 1.29 is 14.5 Å². The van der Waals surface area contributed by atoms with Crippen molar-refractivity contribution in [1.29, 1.82) is 0 Å². The highest BCUT2D eigenvalue weighted by atomic mass is 16.6. The monoisotopic (exact) mass is 279 g/mol. The average molecular weight is 279 g/mol. The Morgan fingerprint density at radius 2 is 1.62 bits per heavy atom. The van der Waals surface area contributed by atoms with Crippen LogP contribution in [0, 0.1) is 10.1 Å². The molecule has 2 aromatic rings. The first kappa shape index (κ1) is 12.9. The molecule has 0 aromatic heterocycles. The molecule has 0 aliphatic heterocycles. The highest BCUT2D eigenvalue weighted by Crippen LogP contribution is 2.31. The van der Waals surface area contributed by atoms with Gasteiger partial charge in [-0.15, -0.1) is 0 Å². The molecule has 0 heterocycles. The van der Waals surface area contributed by atoms with Crippen molar-refractivity contribution in [3.05, 3.63) is 75.3 Å². The number of nitrogens with zero attached hydrogens (tertiary/aromatic N) is 1. The highest BCUT2D eigenvalue weighted by molar-refractivity contribution is 6.64. The Kier molecular flexibility index (Phi) is 2.95. The van der Waals surface area contributed by atoms with E-state index in [1.807, 2.05) is 0 Å². The van der Waals surface area contributed by atoms with Crippen LogP contribution in [0.4, 0.5) is 5.69 Å². The molecule has 0 atom stereocenters. The van der Waals surface area contributed by atoms with Crippen LogP contribution in [0.1, 0.15) is 21.5 Å². The summed E-state index contributed by atoms with van der Waals surface area (Å²) in [6.07, 6.45) is 1.51. The van der Waals surface area contributed by atoms with Crippen LogP contribution in [0.15, 0.2) is 48.5 Å². The van der Waals surface area contributed by atoms with E-state index in [9.17, 15) is 19.7 Å². The molecule has 3 rings (SSSR count). The third-order valence-corrected chi connectivity index (χ3v) is 3.30. The number of rotatable bonds is 2. The predicted octanol–water partition coefficient (Wildman–Crippen LogP) is 2.90. The number of hydrogen-bond donors (Lipinski definition) is 0. The first-order chi connectivity index (χ1) is 10.1. The molecule has 1 aliphatic rings. The Labute approximate surface area is 119 Å². The first-order valence-corrected chi connectivity index (χ1v) is 6.22. The summed E-state index contributed by atoms with van der Waals surface area (Å²) in [5.74, 6) is -1.12. The van der Waals surface area contributed by atoms with E-state index in [1.54, 1.807) is 30.3 Å². The van der Waals surface area contributed by atoms with Crippen LogP contribution in [0.2, 0.25) is 0 Å². The van der Waals surface area contributed by atoms with Crippen molar-refractivity contribution >= 4 is 28.9 Å². The van der Waals surface area contributed by atoms with Gasteiger partial charge >= 0.3 is 0 Å². The van der Waals surface area contributed by atoms with E-state index in [0.29, 0.717) is 16.7 Å². The largest absolute Gasteiger partial charge is 0.285 e. The number of Topliss-reactive ketones (excluding diaryl/α,β-unsaturated/α-hetero) is 2. The van der Waals surface area contributed by atoms with E-state index in [-0.39, 0.29) is 11.3 Å². The molecular weight excluding hydrogens is 270 g/mol. The molecule has 5 heteroatoms. The van der Waals surface area contributed by atoms with E-state index in [0.717, 1.165) is 0 Å². The summed E-state index contributed by atoms with van der Waals surface area (Å²) in [5, 5.41) is 10.8. The fraction of sp³-hybridized carbons (Fsp3) is 0. The average Bonchev–Trinajstić information content (AvgIpc) is 2.73. The Morgan fingerprint density at radius 1 is 0.905 bits per heavy atom. The van der Waals surface area contributed by atoms with Gasteiger partial charge in [0, 0.05) is 23.3 Å². The summed E-state index contributed by atoms with van der Waals surface area (Å²) >= 11 is 0. The van der Waals surface area contributed by atoms with Gasteiger partial charge in [0.1, 0.15) is 0 Å². The number of allylic oxidation sites excluding steroid dienone is 1. The summed E-state index contributed by atoms with van der Waals surface area (Å²) in [5.41, 5.74) is 1.67. The van der Waals surface area contributed by atoms with Crippen LogP contribution in [0.3, 0.4) is 0 Å². The molecule has 0 radical (unpaired) electrons. The van der Waals surface area contributed by atoms with Gasteiger partial charge in [0.2, 0.25) is 11.6 Å². The molecular formula is C16H9NO4. The molecule has 0 saturated carbocycles. The number of benzene rings is 2. The van der Waals surface area contributed by atoms with Crippen LogP contribution < -0.4 is 0 Å². The molecule has 102 valence electrons. The maximum Gasteiger partial charge on any atom is 0.270 e. The van der Waals surface area contributed by atoms with Crippen LogP contribution in [0.5, 0.6) is 0 Å². The Bertz CT molecular complexity index is 821. The molecule has 0 fully saturated rings. The Balaban J connectivity index is 2.12. The number of carbonyl (C=O) groups is 2. The fourth-order valence-corrected chi connectivity index (χ4v) is 2.32. The number of nitro groups is 1. The molecule has 0 bridgehead atoms. The van der Waals surface area contributed by atoms with E-state index in [4.69, 9.17) is 0 Å². The van der Waals surface area contributed by atoms with E-state index in [1.165, 1.54) is 24.3 Å². The second kappa shape index (κ2) is 4.79. The number of non-ortho nitro benzene ring substituents is 1. The van der Waals surface area contributed by atoms with Gasteiger partial charge in [0.25, 0.3) is 5.69 Å². The lowest BCUT2D eigenvalue weighted by Crippen LogP contribution is -2.05. The fourth-order valence-electron chi connectivity index (χ4n) is 2.32. The van der Waals surface area contributed by atoms with E-state index < -0.39 is 16.5 Å². The summed E-state index contributed by atoms with van der Waals surface area (Å²) in [6, 6.07) is 12.7. The number of fused-ring (bicyclic) bond motifs is 1. The van der Waals surface area contributed by atoms with Crippen LogP contribution in [-0.2, 0) is 4.79 Å². The second-order valence-electron chi connectivity index (χ2n) is 4.61. The molecule has 0 unspecified atom stereocenters. The lowest BCUT2D eigenvalue weighted by Gasteiger charge is -1.99. The third-order valence-electron chi connectivity index (χ3n) is 3.30. The third kappa shape index (κ3) is 2.14. The SMILES string of the molecule is O=C1C(=O)c2ccccc2C1=Cc1cccc([N+](=O)[O-])c1. The van der Waals surface area contributed by atoms with Gasteiger partial charge in [-0.1, -0.05) is 36.4 Å². The van der Waals surface area contributed by atoms with Gasteiger partial charge in [-0.05, 0) is 17.2 Å². The maximum absolute atomic E-state index is 12.0. The van der Waals surface area contributed by atoms with Crippen molar-refractivity contribution in [1.82, 2.24) is 0 Å². The standard InChI is InChI=1S/C16H9NO4/c18-15-13-7-2-1-6-12(13)14(16(15)19)9-10-4-3-5-11(8-10)17(20)21/h1-9H. The quantitative estimate of drug-likeness (QED) is 0.366. The van der Waals surface area contributed by atoms with Crippen LogP contribution in [0.25, 0.3) is 11.6 Å². The van der Waals surface area contributed by atoms with Crippen molar-refractivity contribution in [3.63, 3.8) is 0 Å². The normalized spacial score (nSPS) is 15.3. The lowest BCUT2D eigenvalue weighted by molar-refractivity contribution is -0.384. The molecule has 0 amide bonds. The molecule has 2 aromatic carbocycles. The second-order valence-corrected chi connectivity index (χ2v) is 4.61. The molecule has 0 saturated heterocycles. The number of ketones is 2. The van der Waals surface area contributed by atoms with Crippen molar-refractivity contribution in [3.8, 4) is 0 Å². The highest BCUT2D eigenvalue weighted by Gasteiger charge is 2.32. The molecule has 1 aliphatic carbocycles. The van der Waals surface area contributed by atoms with Crippen molar-refractivity contribution in [2.45, 2.75) is 0 Å². The zero-order valence-corrected chi connectivity index (χ0v) is 10.8. The van der Waals surface area contributed by atoms with Gasteiger partial charge < -0.3 is 0 Å². The summed E-state index contributed by atoms with van der Waals surface area (Å²) < 4.78 is 0. The maximum atomic E-state index is 12.0. The molecule has 21 heavy (non-hydrogen) atoms. The van der Waals surface area contributed by atoms with Crippen LogP contribution >= 0.6 is 0 Å². The molecule has 5 nitrogen and oxygen atoms in total. The van der Waals surface area contributed by atoms with E-state index >= 15 is 0 Å². The van der Waals surface area contributed by atoms with Crippen LogP contribution in [-0.4, -0.2) is 16.5 Å². The van der Waals surface area contributed by atoms with Gasteiger partial charge in [-0.2, -0.15) is 0 Å². The van der Waals surface area contributed by atoms with Crippen molar-refractivity contribution in [2.24, 2.45) is 0 Å². The first-order valence-electron chi connectivity index (χ1n) is 6.22. The number of nitro benzene ring substituents is 1. The zero-order chi connectivity index (χ0) is 15.0. The topological polar surface area (TPSA) is 77.3 Å². The minimum Gasteiger partial charge on any atom is -0.285 e. The Morgan fingerprint density at radius 3 is 2.33 bits per heavy atom. The zero-order valence-electron chi connectivity index (χ0n) is 10.8. The van der Waals surface area contributed by atoms with Gasteiger partial charge in [0.05, 0.1) is 4.92 Å².